The van der Waals surface area contributed by atoms with Crippen molar-refractivity contribution in [3.63, 3.8) is 0 Å². The summed E-state index contributed by atoms with van der Waals surface area (Å²) < 4.78 is 54.2. The van der Waals surface area contributed by atoms with E-state index < -0.39 is 51.1 Å². The van der Waals surface area contributed by atoms with Crippen molar-refractivity contribution in [3.8, 4) is 0 Å². The van der Waals surface area contributed by atoms with Gasteiger partial charge in [0.2, 0.25) is 20.0 Å². The maximum absolute atomic E-state index is 13.1. The van der Waals surface area contributed by atoms with E-state index in [1.54, 1.807) is 0 Å². The first-order valence-corrected chi connectivity index (χ1v) is 12.1. The molecule has 0 spiro atoms. The quantitative estimate of drug-likeness (QED) is 0.342. The molecule has 0 bridgehead atoms. The lowest BCUT2D eigenvalue weighted by Gasteiger charge is -2.27. The van der Waals surface area contributed by atoms with Gasteiger partial charge in [-0.25, -0.2) is 16.8 Å². The number of rotatable bonds is 6. The molecule has 12 nitrogen and oxygen atoms in total. The van der Waals surface area contributed by atoms with Crippen LogP contribution in [0.4, 0.5) is 11.4 Å². The lowest BCUT2D eigenvalue weighted by molar-refractivity contribution is -0.388. The van der Waals surface area contributed by atoms with E-state index in [9.17, 15) is 37.1 Å². The summed E-state index contributed by atoms with van der Waals surface area (Å²) in [6.07, 6.45) is 2.85. The molecule has 0 radical (unpaired) electrons. The van der Waals surface area contributed by atoms with E-state index in [1.807, 2.05) is 0 Å². The van der Waals surface area contributed by atoms with Gasteiger partial charge in [0, 0.05) is 38.3 Å². The van der Waals surface area contributed by atoms with Crippen LogP contribution in [0.25, 0.3) is 0 Å². The van der Waals surface area contributed by atoms with Crippen molar-refractivity contribution in [1.82, 2.24) is 8.61 Å². The monoisotopic (exact) mass is 482 g/mol. The number of nitro benzene ring substituents is 2. The van der Waals surface area contributed by atoms with Crippen LogP contribution in [-0.2, 0) is 20.0 Å². The van der Waals surface area contributed by atoms with Crippen molar-refractivity contribution in [3.05, 3.63) is 80.9 Å². The SMILES string of the molecule is O=[N+]([O-])c1ccccc1S(=O)(=O)N1C/C=C\CN(S(=O)(=O)c2ccccc2[N+](=O)[O-])CC1. The Kier molecular flexibility index (Phi) is 6.68. The third kappa shape index (κ3) is 4.52. The van der Waals surface area contributed by atoms with Crippen LogP contribution in [0, 0.1) is 20.2 Å². The second-order valence-corrected chi connectivity index (χ2v) is 10.5. The number of hydrogen-bond donors (Lipinski definition) is 0. The zero-order valence-electron chi connectivity index (χ0n) is 16.5. The third-order valence-corrected chi connectivity index (χ3v) is 8.57. The van der Waals surface area contributed by atoms with Crippen LogP contribution in [0.1, 0.15) is 0 Å². The molecule has 0 saturated heterocycles. The predicted octanol–water partition coefficient (Wildman–Crippen LogP) is 1.75. The molecule has 3 rings (SSSR count). The van der Waals surface area contributed by atoms with Gasteiger partial charge in [0.25, 0.3) is 11.4 Å². The maximum Gasteiger partial charge on any atom is 0.289 e. The predicted molar refractivity (Wildman–Crippen MR) is 113 cm³/mol. The number of sulfonamides is 2. The molecule has 1 aliphatic heterocycles. The number of nitro groups is 2. The molecule has 170 valence electrons. The molecule has 0 saturated carbocycles. The van der Waals surface area contributed by atoms with Gasteiger partial charge >= 0.3 is 0 Å². The highest BCUT2D eigenvalue weighted by Crippen LogP contribution is 2.29. The summed E-state index contributed by atoms with van der Waals surface area (Å²) in [6, 6.07) is 9.74. The molecule has 0 N–H and O–H groups in total. The van der Waals surface area contributed by atoms with Gasteiger partial charge < -0.3 is 0 Å². The Morgan fingerprint density at radius 2 is 1.00 bits per heavy atom. The summed E-state index contributed by atoms with van der Waals surface area (Å²) in [5, 5.41) is 22.5. The van der Waals surface area contributed by atoms with Crippen LogP contribution in [0.15, 0.2) is 70.5 Å². The fourth-order valence-electron chi connectivity index (χ4n) is 3.16. The summed E-state index contributed by atoms with van der Waals surface area (Å²) in [4.78, 5) is 19.9. The molecular formula is C18H18N4O8S2. The fourth-order valence-corrected chi connectivity index (χ4v) is 6.24. The first-order chi connectivity index (χ1) is 15.1. The molecular weight excluding hydrogens is 464 g/mol. The molecule has 0 fully saturated rings. The highest BCUT2D eigenvalue weighted by atomic mass is 32.2. The Morgan fingerprint density at radius 1 is 0.656 bits per heavy atom. The number of hydrogen-bond acceptors (Lipinski definition) is 8. The van der Waals surface area contributed by atoms with Crippen LogP contribution < -0.4 is 0 Å². The lowest BCUT2D eigenvalue weighted by atomic mass is 10.3. The van der Waals surface area contributed by atoms with Gasteiger partial charge in [-0.1, -0.05) is 36.4 Å². The van der Waals surface area contributed by atoms with Crippen molar-refractivity contribution in [2.75, 3.05) is 26.2 Å². The van der Waals surface area contributed by atoms with Gasteiger partial charge in [-0.15, -0.1) is 0 Å². The second kappa shape index (κ2) is 9.12. The van der Waals surface area contributed by atoms with E-state index in [0.717, 1.165) is 32.9 Å². The normalized spacial score (nSPS) is 17.2. The van der Waals surface area contributed by atoms with Crippen molar-refractivity contribution in [2.45, 2.75) is 9.79 Å². The third-order valence-electron chi connectivity index (χ3n) is 4.74. The Labute approximate surface area is 183 Å². The first-order valence-electron chi connectivity index (χ1n) is 9.19. The Hall–Kier alpha value is -3.20. The van der Waals surface area contributed by atoms with E-state index in [1.165, 1.54) is 36.4 Å². The molecule has 0 aliphatic carbocycles. The second-order valence-electron chi connectivity index (χ2n) is 6.65. The topological polar surface area (TPSA) is 161 Å². The van der Waals surface area contributed by atoms with Gasteiger partial charge in [-0.05, 0) is 12.1 Å². The number of para-hydroxylation sites is 2. The number of benzene rings is 2. The van der Waals surface area contributed by atoms with Gasteiger partial charge in [-0.2, -0.15) is 8.61 Å². The van der Waals surface area contributed by atoms with Gasteiger partial charge in [0.05, 0.1) is 9.85 Å². The Balaban J connectivity index is 1.94. The average Bonchev–Trinajstić information content (AvgIpc) is 2.73. The highest BCUT2D eigenvalue weighted by Gasteiger charge is 2.35. The maximum atomic E-state index is 13.1. The van der Waals surface area contributed by atoms with Crippen LogP contribution in [0.2, 0.25) is 0 Å². The average molecular weight is 482 g/mol. The molecule has 2 aromatic carbocycles. The Bertz CT molecular complexity index is 1190. The molecule has 1 aliphatic rings. The van der Waals surface area contributed by atoms with E-state index in [-0.39, 0.29) is 26.2 Å². The van der Waals surface area contributed by atoms with Crippen molar-refractivity contribution in [2.24, 2.45) is 0 Å². The largest absolute Gasteiger partial charge is 0.289 e. The molecule has 1 heterocycles. The van der Waals surface area contributed by atoms with Crippen molar-refractivity contribution >= 4 is 31.4 Å². The van der Waals surface area contributed by atoms with E-state index in [4.69, 9.17) is 0 Å². The van der Waals surface area contributed by atoms with Crippen LogP contribution in [0.5, 0.6) is 0 Å². The Morgan fingerprint density at radius 3 is 1.34 bits per heavy atom. The lowest BCUT2D eigenvalue weighted by Crippen LogP contribution is -2.42. The van der Waals surface area contributed by atoms with Crippen molar-refractivity contribution in [1.29, 1.82) is 0 Å². The highest BCUT2D eigenvalue weighted by molar-refractivity contribution is 7.89. The molecule has 0 aromatic heterocycles. The van der Waals surface area contributed by atoms with Gasteiger partial charge in [0.15, 0.2) is 9.79 Å². The van der Waals surface area contributed by atoms with E-state index in [0.29, 0.717) is 0 Å². The van der Waals surface area contributed by atoms with Crippen LogP contribution in [-0.4, -0.2) is 61.5 Å². The zero-order valence-corrected chi connectivity index (χ0v) is 18.1. The standard InChI is InChI=1S/C18H18N4O8S2/c23-21(24)15-7-1-3-9-17(15)31(27,28)19-11-5-6-12-20(14-13-19)32(29,30)18-10-4-2-8-16(18)22(25)26/h1-10H,11-14H2/b6-5-. The minimum Gasteiger partial charge on any atom is -0.258 e. The summed E-state index contributed by atoms with van der Waals surface area (Å²) in [5.74, 6) is 0. The summed E-state index contributed by atoms with van der Waals surface area (Å²) in [7, 11) is -8.64. The molecule has 0 atom stereocenters. The number of nitrogens with zero attached hydrogens (tertiary/aromatic N) is 4. The van der Waals surface area contributed by atoms with E-state index >= 15 is 0 Å². The molecule has 0 amide bonds. The van der Waals surface area contributed by atoms with Crippen molar-refractivity contribution < 1.29 is 26.7 Å². The molecule has 32 heavy (non-hydrogen) atoms. The summed E-state index contributed by atoms with van der Waals surface area (Å²) in [6.45, 7) is -0.849. The molecule has 0 unspecified atom stereocenters. The fraction of sp³-hybridized carbons (Fsp3) is 0.222. The van der Waals surface area contributed by atoms with Gasteiger partial charge in [-0.3, -0.25) is 20.2 Å². The zero-order chi connectivity index (χ0) is 23.5. The summed E-state index contributed by atoms with van der Waals surface area (Å²) in [5.41, 5.74) is -1.19. The smallest absolute Gasteiger partial charge is 0.258 e. The minimum absolute atomic E-state index is 0.117. The van der Waals surface area contributed by atoms with Crippen LogP contribution >= 0.6 is 0 Å². The minimum atomic E-state index is -4.32. The van der Waals surface area contributed by atoms with Gasteiger partial charge in [0.1, 0.15) is 0 Å². The summed E-state index contributed by atoms with van der Waals surface area (Å²) >= 11 is 0. The molecule has 14 heteroatoms. The first kappa shape index (κ1) is 23.5. The molecule has 2 aromatic rings. The van der Waals surface area contributed by atoms with E-state index in [2.05, 4.69) is 0 Å². The van der Waals surface area contributed by atoms with Crippen LogP contribution in [0.3, 0.4) is 0 Å².